The predicted octanol–water partition coefficient (Wildman–Crippen LogP) is 3.92. The highest BCUT2D eigenvalue weighted by Crippen LogP contribution is 2.23. The van der Waals surface area contributed by atoms with Crippen LogP contribution in [-0.4, -0.2) is 35.3 Å². The molecule has 0 atom stereocenters. The van der Waals surface area contributed by atoms with Gasteiger partial charge < -0.3 is 10.1 Å². The molecule has 0 radical (unpaired) electrons. The van der Waals surface area contributed by atoms with Gasteiger partial charge in [0.2, 0.25) is 0 Å². The van der Waals surface area contributed by atoms with Gasteiger partial charge in [-0.05, 0) is 48.5 Å². The maximum absolute atomic E-state index is 12.9. The summed E-state index contributed by atoms with van der Waals surface area (Å²) >= 11 is 0. The molecular weight excluding hydrogens is 378 g/mol. The van der Waals surface area contributed by atoms with Crippen molar-refractivity contribution in [1.82, 2.24) is 15.3 Å². The normalized spacial score (nSPS) is 10.6. The molecule has 0 saturated carbocycles. The van der Waals surface area contributed by atoms with E-state index < -0.39 is 0 Å². The molecular formula is C24H19N3O3. The molecule has 0 unspecified atom stereocenters. The Balaban J connectivity index is 1.59. The van der Waals surface area contributed by atoms with Crippen molar-refractivity contribution < 1.29 is 14.3 Å². The molecule has 30 heavy (non-hydrogen) atoms. The average molecular weight is 397 g/mol. The lowest BCUT2D eigenvalue weighted by Crippen LogP contribution is -2.29. The van der Waals surface area contributed by atoms with Crippen molar-refractivity contribution in [2.75, 3.05) is 13.7 Å². The van der Waals surface area contributed by atoms with Crippen LogP contribution >= 0.6 is 0 Å². The van der Waals surface area contributed by atoms with Gasteiger partial charge in [0.1, 0.15) is 5.75 Å². The zero-order valence-corrected chi connectivity index (χ0v) is 16.3. The number of hydrogen-bond acceptors (Lipinski definition) is 5. The number of ether oxygens (including phenoxy) is 1. The average Bonchev–Trinajstić information content (AvgIpc) is 2.82. The molecule has 2 heterocycles. The van der Waals surface area contributed by atoms with Crippen LogP contribution in [0.2, 0.25) is 0 Å². The van der Waals surface area contributed by atoms with E-state index in [0.717, 1.165) is 0 Å². The van der Waals surface area contributed by atoms with Crippen molar-refractivity contribution in [1.29, 1.82) is 0 Å². The highest BCUT2D eigenvalue weighted by molar-refractivity contribution is 6.09. The van der Waals surface area contributed by atoms with E-state index in [2.05, 4.69) is 15.3 Å². The minimum absolute atomic E-state index is 0.110. The van der Waals surface area contributed by atoms with Gasteiger partial charge in [0.05, 0.1) is 36.1 Å². The Hall–Kier alpha value is -4.06. The first-order valence-electron chi connectivity index (χ1n) is 9.42. The predicted molar refractivity (Wildman–Crippen MR) is 115 cm³/mol. The molecule has 1 N–H and O–H groups in total. The number of benzene rings is 2. The van der Waals surface area contributed by atoms with Crippen molar-refractivity contribution in [3.05, 3.63) is 90.1 Å². The minimum atomic E-state index is -0.340. The SMILES string of the molecule is COc1ccc(C(=O)CNC(=O)c2cc(-c3ccccn3)nc3ccccc23)cc1. The Morgan fingerprint density at radius 3 is 2.43 bits per heavy atom. The van der Waals surface area contributed by atoms with Crippen LogP contribution in [0.5, 0.6) is 5.75 Å². The molecule has 4 rings (SSSR count). The Morgan fingerprint density at radius 2 is 1.70 bits per heavy atom. The number of pyridine rings is 2. The lowest BCUT2D eigenvalue weighted by Gasteiger charge is -2.10. The van der Waals surface area contributed by atoms with E-state index in [4.69, 9.17) is 4.74 Å². The van der Waals surface area contributed by atoms with Crippen LogP contribution in [0.1, 0.15) is 20.7 Å². The number of nitrogens with one attached hydrogen (secondary N) is 1. The molecule has 0 saturated heterocycles. The van der Waals surface area contributed by atoms with Crippen LogP contribution in [-0.2, 0) is 0 Å². The van der Waals surface area contributed by atoms with Crippen LogP contribution in [0, 0.1) is 0 Å². The first-order chi connectivity index (χ1) is 14.7. The monoisotopic (exact) mass is 397 g/mol. The summed E-state index contributed by atoms with van der Waals surface area (Å²) in [4.78, 5) is 34.4. The number of amides is 1. The highest BCUT2D eigenvalue weighted by Gasteiger charge is 2.16. The zero-order valence-electron chi connectivity index (χ0n) is 16.3. The third-order valence-electron chi connectivity index (χ3n) is 4.71. The molecule has 0 aliphatic rings. The van der Waals surface area contributed by atoms with Crippen LogP contribution in [0.3, 0.4) is 0 Å². The first-order valence-corrected chi connectivity index (χ1v) is 9.42. The zero-order chi connectivity index (χ0) is 20.9. The summed E-state index contributed by atoms with van der Waals surface area (Å²) in [6.45, 7) is -0.110. The van der Waals surface area contributed by atoms with E-state index >= 15 is 0 Å². The fourth-order valence-electron chi connectivity index (χ4n) is 3.14. The maximum atomic E-state index is 12.9. The lowest BCUT2D eigenvalue weighted by molar-refractivity contribution is 0.0905. The largest absolute Gasteiger partial charge is 0.497 e. The van der Waals surface area contributed by atoms with Crippen LogP contribution in [0.4, 0.5) is 0 Å². The second-order valence-electron chi connectivity index (χ2n) is 6.62. The van der Waals surface area contributed by atoms with E-state index in [1.54, 1.807) is 43.6 Å². The number of carbonyl (C=O) groups is 2. The fraction of sp³-hybridized carbons (Fsp3) is 0.0833. The van der Waals surface area contributed by atoms with Crippen LogP contribution in [0.15, 0.2) is 79.0 Å². The maximum Gasteiger partial charge on any atom is 0.252 e. The molecule has 2 aromatic heterocycles. The number of fused-ring (bicyclic) bond motifs is 1. The van der Waals surface area contributed by atoms with Gasteiger partial charge in [0, 0.05) is 17.1 Å². The van der Waals surface area contributed by atoms with Crippen molar-refractivity contribution in [2.24, 2.45) is 0 Å². The van der Waals surface area contributed by atoms with Gasteiger partial charge in [0.15, 0.2) is 5.78 Å². The summed E-state index contributed by atoms with van der Waals surface area (Å²) in [6, 6.07) is 21.4. The smallest absolute Gasteiger partial charge is 0.252 e. The third kappa shape index (κ3) is 4.03. The summed E-state index contributed by atoms with van der Waals surface area (Å²) in [5.41, 5.74) is 2.91. The minimum Gasteiger partial charge on any atom is -0.497 e. The van der Waals surface area contributed by atoms with Gasteiger partial charge in [-0.15, -0.1) is 0 Å². The van der Waals surface area contributed by atoms with Crippen LogP contribution < -0.4 is 10.1 Å². The van der Waals surface area contributed by atoms with Gasteiger partial charge >= 0.3 is 0 Å². The number of carbonyl (C=O) groups excluding carboxylic acids is 2. The topological polar surface area (TPSA) is 81.2 Å². The number of methoxy groups -OCH3 is 1. The molecule has 0 aliphatic heterocycles. The quantitative estimate of drug-likeness (QED) is 0.499. The Labute approximate surface area is 173 Å². The molecule has 6 heteroatoms. The number of Topliss-reactive ketones (excluding diaryl/α,β-unsaturated/α-hetero) is 1. The second-order valence-corrected chi connectivity index (χ2v) is 6.62. The summed E-state index contributed by atoms with van der Waals surface area (Å²) in [7, 11) is 1.56. The number of nitrogens with zero attached hydrogens (tertiary/aromatic N) is 2. The second kappa shape index (κ2) is 8.53. The summed E-state index contributed by atoms with van der Waals surface area (Å²) in [5.74, 6) is 0.142. The van der Waals surface area contributed by atoms with Crippen molar-refractivity contribution in [3.8, 4) is 17.1 Å². The van der Waals surface area contributed by atoms with Gasteiger partial charge in [-0.3, -0.25) is 14.6 Å². The van der Waals surface area contributed by atoms with Crippen molar-refractivity contribution in [2.45, 2.75) is 0 Å². The van der Waals surface area contributed by atoms with Gasteiger partial charge in [-0.25, -0.2) is 4.98 Å². The fourth-order valence-corrected chi connectivity index (χ4v) is 3.14. The number of ketones is 1. The molecule has 2 aromatic carbocycles. The van der Waals surface area contributed by atoms with E-state index in [1.807, 2.05) is 42.5 Å². The van der Waals surface area contributed by atoms with E-state index in [-0.39, 0.29) is 18.2 Å². The first kappa shape index (κ1) is 19.3. The van der Waals surface area contributed by atoms with Crippen molar-refractivity contribution in [3.63, 3.8) is 0 Å². The number of hydrogen-bond donors (Lipinski definition) is 1. The van der Waals surface area contributed by atoms with E-state index in [0.29, 0.717) is 39.2 Å². The Kier molecular flexibility index (Phi) is 5.48. The van der Waals surface area contributed by atoms with Crippen molar-refractivity contribution >= 4 is 22.6 Å². The van der Waals surface area contributed by atoms with Gasteiger partial charge in [-0.2, -0.15) is 0 Å². The molecule has 0 bridgehead atoms. The molecule has 0 spiro atoms. The highest BCUT2D eigenvalue weighted by atomic mass is 16.5. The Morgan fingerprint density at radius 1 is 0.933 bits per heavy atom. The third-order valence-corrected chi connectivity index (χ3v) is 4.71. The molecule has 4 aromatic rings. The summed E-state index contributed by atoms with van der Waals surface area (Å²) < 4.78 is 5.10. The molecule has 1 amide bonds. The van der Waals surface area contributed by atoms with Gasteiger partial charge in [-0.1, -0.05) is 24.3 Å². The molecule has 6 nitrogen and oxygen atoms in total. The van der Waals surface area contributed by atoms with E-state index in [9.17, 15) is 9.59 Å². The number of para-hydroxylation sites is 1. The number of aromatic nitrogens is 2. The van der Waals surface area contributed by atoms with Crippen LogP contribution in [0.25, 0.3) is 22.3 Å². The molecule has 0 fully saturated rings. The summed E-state index contributed by atoms with van der Waals surface area (Å²) in [5, 5.41) is 3.44. The lowest BCUT2D eigenvalue weighted by atomic mass is 10.1. The Bertz CT molecular complexity index is 1210. The molecule has 0 aliphatic carbocycles. The number of rotatable bonds is 6. The summed E-state index contributed by atoms with van der Waals surface area (Å²) in [6.07, 6.45) is 1.68. The van der Waals surface area contributed by atoms with Gasteiger partial charge in [0.25, 0.3) is 5.91 Å². The molecule has 148 valence electrons. The standard InChI is InChI=1S/C24H19N3O3/c1-30-17-11-9-16(10-12-17)23(28)15-26-24(29)19-14-22(21-8-4-5-13-25-21)27-20-7-3-2-6-18(19)20/h2-14H,15H2,1H3,(H,26,29). The van der Waals surface area contributed by atoms with E-state index in [1.165, 1.54) is 0 Å².